The maximum Gasteiger partial charge on any atom is 0.267 e. The molecular formula is C24H30N2O2. The second kappa shape index (κ2) is 9.45. The van der Waals surface area contributed by atoms with Gasteiger partial charge in [0.25, 0.3) is 5.91 Å². The Labute approximate surface area is 167 Å². The molecule has 0 aliphatic heterocycles. The molecule has 0 fully saturated rings. The number of benzene rings is 2. The van der Waals surface area contributed by atoms with Crippen LogP contribution in [0.25, 0.3) is 10.9 Å². The van der Waals surface area contributed by atoms with E-state index in [4.69, 9.17) is 4.74 Å². The second-order valence-electron chi connectivity index (χ2n) is 7.61. The Morgan fingerprint density at radius 3 is 2.61 bits per heavy atom. The molecule has 148 valence electrons. The number of amides is 1. The fraction of sp³-hybridized carbons (Fsp3) is 0.375. The van der Waals surface area contributed by atoms with Gasteiger partial charge in [-0.3, -0.25) is 4.79 Å². The Morgan fingerprint density at radius 2 is 1.89 bits per heavy atom. The third-order valence-corrected chi connectivity index (χ3v) is 4.74. The van der Waals surface area contributed by atoms with Crippen LogP contribution in [0.4, 0.5) is 0 Å². The maximum absolute atomic E-state index is 12.8. The molecule has 3 rings (SSSR count). The van der Waals surface area contributed by atoms with E-state index >= 15 is 0 Å². The first-order valence-electron chi connectivity index (χ1n) is 10.2. The molecule has 1 heterocycles. The molecule has 0 bridgehead atoms. The number of nitrogens with zero attached hydrogens (tertiary/aromatic N) is 1. The summed E-state index contributed by atoms with van der Waals surface area (Å²) < 4.78 is 8.23. The van der Waals surface area contributed by atoms with E-state index in [1.165, 1.54) is 0 Å². The summed E-state index contributed by atoms with van der Waals surface area (Å²) in [5.74, 6) is 1.23. The highest BCUT2D eigenvalue weighted by Crippen LogP contribution is 2.30. The van der Waals surface area contributed by atoms with Gasteiger partial charge in [-0.2, -0.15) is 0 Å². The third kappa shape index (κ3) is 4.75. The van der Waals surface area contributed by atoms with Crippen LogP contribution in [0.2, 0.25) is 0 Å². The van der Waals surface area contributed by atoms with Crippen LogP contribution in [0.5, 0.6) is 5.75 Å². The summed E-state index contributed by atoms with van der Waals surface area (Å²) in [7, 11) is 0. The molecule has 0 spiro atoms. The molecule has 4 heteroatoms. The number of fused-ring (bicyclic) bond motifs is 1. The lowest BCUT2D eigenvalue weighted by Crippen LogP contribution is -2.27. The molecule has 1 N–H and O–H groups in total. The summed E-state index contributed by atoms with van der Waals surface area (Å²) in [6, 6.07) is 18.1. The van der Waals surface area contributed by atoms with Crippen molar-refractivity contribution < 1.29 is 9.53 Å². The van der Waals surface area contributed by atoms with Crippen LogP contribution in [-0.4, -0.2) is 17.0 Å². The number of nitrogens with one attached hydrogen (secondary N) is 1. The summed E-state index contributed by atoms with van der Waals surface area (Å²) in [5.41, 5.74) is 2.87. The van der Waals surface area contributed by atoms with Gasteiger partial charge in [0.15, 0.2) is 0 Å². The highest BCUT2D eigenvalue weighted by molar-refractivity contribution is 6.00. The van der Waals surface area contributed by atoms with Gasteiger partial charge in [0.2, 0.25) is 0 Å². The number of hydrogen-bond donors (Lipinski definition) is 1. The van der Waals surface area contributed by atoms with Crippen LogP contribution >= 0.6 is 0 Å². The fourth-order valence-corrected chi connectivity index (χ4v) is 3.34. The Hall–Kier alpha value is -2.75. The zero-order valence-corrected chi connectivity index (χ0v) is 17.1. The van der Waals surface area contributed by atoms with E-state index < -0.39 is 0 Å². The van der Waals surface area contributed by atoms with Crippen LogP contribution in [0.1, 0.15) is 49.7 Å². The van der Waals surface area contributed by atoms with E-state index in [1.807, 2.05) is 36.4 Å². The molecule has 0 unspecified atom stereocenters. The minimum atomic E-state index is -0.0145. The Bertz CT molecular complexity index is 913. The van der Waals surface area contributed by atoms with Crippen molar-refractivity contribution >= 4 is 16.8 Å². The molecule has 28 heavy (non-hydrogen) atoms. The van der Waals surface area contributed by atoms with Gasteiger partial charge in [-0.1, -0.05) is 63.6 Å². The van der Waals surface area contributed by atoms with Crippen molar-refractivity contribution in [2.24, 2.45) is 5.92 Å². The Balaban J connectivity index is 1.92. The number of carbonyl (C=O) groups excluding carboxylic acids is 1. The fourth-order valence-electron chi connectivity index (χ4n) is 3.34. The SMILES string of the molecule is CCCCNC(=O)c1cc2c(OCc3ccccc3)cccc2n1CC(C)C. The summed E-state index contributed by atoms with van der Waals surface area (Å²) in [6.07, 6.45) is 2.05. The van der Waals surface area contributed by atoms with E-state index in [1.54, 1.807) is 0 Å². The number of aromatic nitrogens is 1. The summed E-state index contributed by atoms with van der Waals surface area (Å²) in [5, 5.41) is 4.04. The molecule has 1 amide bonds. The number of ether oxygens (including phenoxy) is 1. The predicted octanol–water partition coefficient (Wildman–Crippen LogP) is 5.41. The van der Waals surface area contributed by atoms with Gasteiger partial charge in [0.05, 0.1) is 5.52 Å². The number of unbranched alkanes of at least 4 members (excludes halogenated alkanes) is 1. The number of carbonyl (C=O) groups is 1. The van der Waals surface area contributed by atoms with Gasteiger partial charge in [0, 0.05) is 18.5 Å². The van der Waals surface area contributed by atoms with Crippen molar-refractivity contribution in [3.8, 4) is 5.75 Å². The monoisotopic (exact) mass is 378 g/mol. The summed E-state index contributed by atoms with van der Waals surface area (Å²) in [4.78, 5) is 12.8. The quantitative estimate of drug-likeness (QED) is 0.506. The standard InChI is InChI=1S/C24H30N2O2/c1-4-5-14-25-24(27)22-15-20-21(26(22)16-18(2)3)12-9-13-23(20)28-17-19-10-7-6-8-11-19/h6-13,15,18H,4-5,14,16-17H2,1-3H3,(H,25,27). The van der Waals surface area contributed by atoms with Crippen molar-refractivity contribution in [1.82, 2.24) is 9.88 Å². The zero-order chi connectivity index (χ0) is 19.9. The normalized spacial score (nSPS) is 11.1. The van der Waals surface area contributed by atoms with E-state index in [0.717, 1.165) is 41.6 Å². The van der Waals surface area contributed by atoms with Crippen molar-refractivity contribution in [2.75, 3.05) is 6.54 Å². The average molecular weight is 379 g/mol. The first-order valence-corrected chi connectivity index (χ1v) is 10.2. The van der Waals surface area contributed by atoms with Crippen LogP contribution in [0, 0.1) is 5.92 Å². The Kier molecular flexibility index (Phi) is 6.75. The van der Waals surface area contributed by atoms with Crippen molar-refractivity contribution in [1.29, 1.82) is 0 Å². The largest absolute Gasteiger partial charge is 0.488 e. The lowest BCUT2D eigenvalue weighted by Gasteiger charge is -2.13. The highest BCUT2D eigenvalue weighted by Gasteiger charge is 2.18. The van der Waals surface area contributed by atoms with E-state index in [0.29, 0.717) is 24.8 Å². The zero-order valence-electron chi connectivity index (χ0n) is 17.1. The van der Waals surface area contributed by atoms with Gasteiger partial charge >= 0.3 is 0 Å². The molecule has 0 saturated heterocycles. The summed E-state index contributed by atoms with van der Waals surface area (Å²) >= 11 is 0. The van der Waals surface area contributed by atoms with E-state index in [9.17, 15) is 4.79 Å². The minimum Gasteiger partial charge on any atom is -0.488 e. The smallest absolute Gasteiger partial charge is 0.267 e. The van der Waals surface area contributed by atoms with Crippen LogP contribution in [0.3, 0.4) is 0 Å². The van der Waals surface area contributed by atoms with Crippen molar-refractivity contribution in [3.05, 3.63) is 65.9 Å². The topological polar surface area (TPSA) is 43.3 Å². The first kappa shape index (κ1) is 20.0. The predicted molar refractivity (Wildman–Crippen MR) is 115 cm³/mol. The molecular weight excluding hydrogens is 348 g/mol. The van der Waals surface area contributed by atoms with Gasteiger partial charge in [-0.25, -0.2) is 0 Å². The van der Waals surface area contributed by atoms with E-state index in [2.05, 4.69) is 48.9 Å². The number of rotatable bonds is 9. The maximum atomic E-state index is 12.8. The van der Waals surface area contributed by atoms with E-state index in [-0.39, 0.29) is 5.91 Å². The lowest BCUT2D eigenvalue weighted by molar-refractivity contribution is 0.0943. The average Bonchev–Trinajstić information content (AvgIpc) is 3.06. The van der Waals surface area contributed by atoms with Gasteiger partial charge in [-0.15, -0.1) is 0 Å². The van der Waals surface area contributed by atoms with Crippen LogP contribution < -0.4 is 10.1 Å². The van der Waals surface area contributed by atoms with Crippen molar-refractivity contribution in [2.45, 2.75) is 46.8 Å². The van der Waals surface area contributed by atoms with Crippen LogP contribution in [0.15, 0.2) is 54.6 Å². The molecule has 0 aliphatic rings. The molecule has 0 aliphatic carbocycles. The molecule has 1 aromatic heterocycles. The van der Waals surface area contributed by atoms with Gasteiger partial charge in [0.1, 0.15) is 18.1 Å². The molecule has 0 saturated carbocycles. The first-order chi connectivity index (χ1) is 13.6. The van der Waals surface area contributed by atoms with Gasteiger partial charge < -0.3 is 14.6 Å². The number of hydrogen-bond acceptors (Lipinski definition) is 2. The minimum absolute atomic E-state index is 0.0145. The Morgan fingerprint density at radius 1 is 1.11 bits per heavy atom. The molecule has 0 radical (unpaired) electrons. The van der Waals surface area contributed by atoms with Gasteiger partial charge in [-0.05, 0) is 36.1 Å². The highest BCUT2D eigenvalue weighted by atomic mass is 16.5. The molecule has 3 aromatic rings. The van der Waals surface area contributed by atoms with Crippen molar-refractivity contribution in [3.63, 3.8) is 0 Å². The molecule has 2 aromatic carbocycles. The van der Waals surface area contributed by atoms with Crippen LogP contribution in [-0.2, 0) is 13.2 Å². The molecule has 4 nitrogen and oxygen atoms in total. The summed E-state index contributed by atoms with van der Waals surface area (Å²) in [6.45, 7) is 8.46. The third-order valence-electron chi connectivity index (χ3n) is 4.74. The molecule has 0 atom stereocenters. The lowest BCUT2D eigenvalue weighted by atomic mass is 10.2. The second-order valence-corrected chi connectivity index (χ2v) is 7.61.